The molecule has 0 aliphatic carbocycles. The van der Waals surface area contributed by atoms with Gasteiger partial charge in [-0.3, -0.25) is 4.79 Å². The third-order valence-corrected chi connectivity index (χ3v) is 6.75. The SMILES string of the molecule is CC1CN(c2ccc(NC(=O)CCS(=O)(=O)c3ccc(Cl)cc3)cc2F)CC(C)O1. The van der Waals surface area contributed by atoms with E-state index in [1.807, 2.05) is 18.7 Å². The van der Waals surface area contributed by atoms with Crippen molar-refractivity contribution in [3.8, 4) is 0 Å². The van der Waals surface area contributed by atoms with Gasteiger partial charge in [0.25, 0.3) is 0 Å². The van der Waals surface area contributed by atoms with Gasteiger partial charge in [0.05, 0.1) is 28.5 Å². The molecule has 1 heterocycles. The number of benzene rings is 2. The first-order valence-corrected chi connectivity index (χ1v) is 11.7. The summed E-state index contributed by atoms with van der Waals surface area (Å²) in [6.07, 6.45) is -0.252. The van der Waals surface area contributed by atoms with E-state index in [-0.39, 0.29) is 35.0 Å². The van der Waals surface area contributed by atoms with Crippen LogP contribution in [0.4, 0.5) is 15.8 Å². The van der Waals surface area contributed by atoms with Gasteiger partial charge in [-0.1, -0.05) is 11.6 Å². The molecule has 1 fully saturated rings. The van der Waals surface area contributed by atoms with Gasteiger partial charge in [-0.2, -0.15) is 0 Å². The molecule has 2 atom stereocenters. The summed E-state index contributed by atoms with van der Waals surface area (Å²) in [5.74, 6) is -1.32. The molecule has 1 aliphatic rings. The van der Waals surface area contributed by atoms with Gasteiger partial charge in [-0.15, -0.1) is 0 Å². The Morgan fingerprint density at radius 2 is 1.80 bits per heavy atom. The quantitative estimate of drug-likeness (QED) is 0.716. The molecule has 0 aromatic heterocycles. The summed E-state index contributed by atoms with van der Waals surface area (Å²) >= 11 is 5.77. The average molecular weight is 455 g/mol. The van der Waals surface area contributed by atoms with Crippen LogP contribution in [0.15, 0.2) is 47.4 Å². The minimum atomic E-state index is -3.62. The van der Waals surface area contributed by atoms with Crippen LogP contribution < -0.4 is 10.2 Å². The van der Waals surface area contributed by atoms with Crippen molar-refractivity contribution in [2.24, 2.45) is 0 Å². The first kappa shape index (κ1) is 22.5. The molecule has 1 saturated heterocycles. The molecular formula is C21H24ClFN2O4S. The molecule has 3 rings (SSSR count). The Bertz CT molecular complexity index is 1000. The minimum Gasteiger partial charge on any atom is -0.372 e. The number of amides is 1. The van der Waals surface area contributed by atoms with Crippen LogP contribution in [-0.2, 0) is 19.4 Å². The maximum atomic E-state index is 14.6. The highest BCUT2D eigenvalue weighted by atomic mass is 35.5. The number of nitrogens with zero attached hydrogens (tertiary/aromatic N) is 1. The monoisotopic (exact) mass is 454 g/mol. The summed E-state index contributed by atoms with van der Waals surface area (Å²) in [4.78, 5) is 14.2. The number of halogens is 2. The molecular weight excluding hydrogens is 431 g/mol. The number of rotatable bonds is 6. The summed E-state index contributed by atoms with van der Waals surface area (Å²) in [6, 6.07) is 10.2. The molecule has 0 saturated carbocycles. The smallest absolute Gasteiger partial charge is 0.225 e. The highest BCUT2D eigenvalue weighted by Crippen LogP contribution is 2.26. The predicted octanol–water partition coefficient (Wildman–Crippen LogP) is 3.90. The molecule has 6 nitrogen and oxygen atoms in total. The van der Waals surface area contributed by atoms with Crippen molar-refractivity contribution in [2.75, 3.05) is 29.1 Å². The lowest BCUT2D eigenvalue weighted by Crippen LogP contribution is -2.45. The number of morpholine rings is 1. The number of nitrogens with one attached hydrogen (secondary N) is 1. The highest BCUT2D eigenvalue weighted by molar-refractivity contribution is 7.91. The number of anilines is 2. The van der Waals surface area contributed by atoms with Crippen molar-refractivity contribution < 1.29 is 22.3 Å². The van der Waals surface area contributed by atoms with Crippen LogP contribution in [0.25, 0.3) is 0 Å². The molecule has 2 aromatic rings. The van der Waals surface area contributed by atoms with Gasteiger partial charge in [0.1, 0.15) is 5.82 Å². The number of ether oxygens (including phenoxy) is 1. The minimum absolute atomic E-state index is 0.00452. The van der Waals surface area contributed by atoms with E-state index in [0.717, 1.165) is 0 Å². The Labute approximate surface area is 180 Å². The van der Waals surface area contributed by atoms with Crippen molar-refractivity contribution in [3.05, 3.63) is 53.3 Å². The van der Waals surface area contributed by atoms with Gasteiger partial charge < -0.3 is 15.0 Å². The van der Waals surface area contributed by atoms with E-state index in [1.54, 1.807) is 12.1 Å². The van der Waals surface area contributed by atoms with Gasteiger partial charge >= 0.3 is 0 Å². The van der Waals surface area contributed by atoms with Crippen LogP contribution in [0.1, 0.15) is 20.3 Å². The number of carbonyl (C=O) groups excluding carboxylic acids is 1. The van der Waals surface area contributed by atoms with Gasteiger partial charge in [0.2, 0.25) is 5.91 Å². The second-order valence-corrected chi connectivity index (χ2v) is 9.95. The highest BCUT2D eigenvalue weighted by Gasteiger charge is 2.24. The maximum absolute atomic E-state index is 14.6. The van der Waals surface area contributed by atoms with E-state index in [1.165, 1.54) is 30.3 Å². The third-order valence-electron chi connectivity index (χ3n) is 4.76. The van der Waals surface area contributed by atoms with E-state index in [2.05, 4.69) is 5.32 Å². The third kappa shape index (κ3) is 5.71. The average Bonchev–Trinajstić information content (AvgIpc) is 2.66. The molecule has 1 N–H and O–H groups in total. The standard InChI is InChI=1S/C21H24ClFN2O4S/c1-14-12-25(13-15(2)29-14)20-8-5-17(11-19(20)23)24-21(26)9-10-30(27,28)18-6-3-16(22)4-7-18/h3-8,11,14-15H,9-10,12-13H2,1-2H3,(H,24,26). The summed E-state index contributed by atoms with van der Waals surface area (Å²) in [5, 5.41) is 2.98. The van der Waals surface area contributed by atoms with E-state index >= 15 is 0 Å². The first-order valence-electron chi connectivity index (χ1n) is 9.62. The Morgan fingerprint density at radius 3 is 2.40 bits per heavy atom. The molecule has 0 bridgehead atoms. The maximum Gasteiger partial charge on any atom is 0.225 e. The van der Waals surface area contributed by atoms with E-state index in [9.17, 15) is 17.6 Å². The summed E-state index contributed by atoms with van der Waals surface area (Å²) < 4.78 is 45.0. The van der Waals surface area contributed by atoms with Crippen molar-refractivity contribution >= 4 is 38.7 Å². The molecule has 1 aliphatic heterocycles. The fourth-order valence-electron chi connectivity index (χ4n) is 3.43. The lowest BCUT2D eigenvalue weighted by molar-refractivity contribution is -0.115. The normalized spacial score (nSPS) is 19.5. The molecule has 30 heavy (non-hydrogen) atoms. The number of hydrogen-bond donors (Lipinski definition) is 1. The second kappa shape index (κ2) is 9.32. The van der Waals surface area contributed by atoms with Crippen molar-refractivity contribution in [3.63, 3.8) is 0 Å². The molecule has 1 amide bonds. The number of hydrogen-bond acceptors (Lipinski definition) is 5. The summed E-state index contributed by atoms with van der Waals surface area (Å²) in [6.45, 7) is 5.03. The zero-order valence-corrected chi connectivity index (χ0v) is 18.3. The molecule has 2 unspecified atom stereocenters. The zero-order chi connectivity index (χ0) is 21.9. The van der Waals surface area contributed by atoms with Gasteiger partial charge in [0, 0.05) is 30.2 Å². The molecule has 162 valence electrons. The zero-order valence-electron chi connectivity index (χ0n) is 16.8. The van der Waals surface area contributed by atoms with Crippen LogP contribution in [0.3, 0.4) is 0 Å². The van der Waals surface area contributed by atoms with Gasteiger partial charge in [-0.25, -0.2) is 12.8 Å². The Kier molecular flexibility index (Phi) is 7.00. The lowest BCUT2D eigenvalue weighted by atomic mass is 10.2. The molecule has 0 radical (unpaired) electrons. The number of carbonyl (C=O) groups is 1. The largest absolute Gasteiger partial charge is 0.372 e. The molecule has 9 heteroatoms. The topological polar surface area (TPSA) is 75.7 Å². The fraction of sp³-hybridized carbons (Fsp3) is 0.381. The van der Waals surface area contributed by atoms with Gasteiger partial charge in [0.15, 0.2) is 9.84 Å². The van der Waals surface area contributed by atoms with Crippen molar-refractivity contribution in [1.29, 1.82) is 0 Å². The van der Waals surface area contributed by atoms with E-state index < -0.39 is 21.6 Å². The Balaban J connectivity index is 1.60. The van der Waals surface area contributed by atoms with Gasteiger partial charge in [-0.05, 0) is 56.3 Å². The van der Waals surface area contributed by atoms with Crippen molar-refractivity contribution in [1.82, 2.24) is 0 Å². The van der Waals surface area contributed by atoms with Crippen LogP contribution in [-0.4, -0.2) is 45.4 Å². The van der Waals surface area contributed by atoms with E-state index in [0.29, 0.717) is 23.8 Å². The molecule has 2 aromatic carbocycles. The summed E-state index contributed by atoms with van der Waals surface area (Å²) in [7, 11) is -3.62. The van der Waals surface area contributed by atoms with Crippen LogP contribution >= 0.6 is 11.6 Å². The number of sulfone groups is 1. The van der Waals surface area contributed by atoms with Crippen molar-refractivity contribution in [2.45, 2.75) is 37.4 Å². The fourth-order valence-corrected chi connectivity index (χ4v) is 4.79. The first-order chi connectivity index (χ1) is 14.1. The Hall–Kier alpha value is -2.16. The Morgan fingerprint density at radius 1 is 1.17 bits per heavy atom. The molecule has 0 spiro atoms. The lowest BCUT2D eigenvalue weighted by Gasteiger charge is -2.37. The second-order valence-electron chi connectivity index (χ2n) is 7.40. The van der Waals surface area contributed by atoms with Crippen LogP contribution in [0, 0.1) is 5.82 Å². The van der Waals surface area contributed by atoms with Crippen LogP contribution in [0.5, 0.6) is 0 Å². The predicted molar refractivity (Wildman–Crippen MR) is 115 cm³/mol. The summed E-state index contributed by atoms with van der Waals surface area (Å²) in [5.41, 5.74) is 0.722. The van der Waals surface area contributed by atoms with E-state index in [4.69, 9.17) is 16.3 Å². The van der Waals surface area contributed by atoms with Crippen LogP contribution in [0.2, 0.25) is 5.02 Å².